The Bertz CT molecular complexity index is 633. The van der Waals surface area contributed by atoms with Gasteiger partial charge in [0.25, 0.3) is 0 Å². The summed E-state index contributed by atoms with van der Waals surface area (Å²) in [4.78, 5) is 12.5. The van der Waals surface area contributed by atoms with Gasteiger partial charge in [0, 0.05) is 33.0 Å². The van der Waals surface area contributed by atoms with Gasteiger partial charge in [-0.1, -0.05) is 0 Å². The fourth-order valence-electron chi connectivity index (χ4n) is 3.00. The van der Waals surface area contributed by atoms with E-state index in [0.717, 1.165) is 25.7 Å². The average molecular weight is 303 g/mol. The molecule has 3 rings (SSSR count). The van der Waals surface area contributed by atoms with Crippen molar-refractivity contribution in [1.29, 1.82) is 0 Å². The van der Waals surface area contributed by atoms with Gasteiger partial charge in [0.15, 0.2) is 0 Å². The van der Waals surface area contributed by atoms with Gasteiger partial charge in [0.2, 0.25) is 0 Å². The predicted molar refractivity (Wildman–Crippen MR) is 81.0 cm³/mol. The summed E-state index contributed by atoms with van der Waals surface area (Å²) in [5.74, 6) is 0.396. The topological polar surface area (TPSA) is 58.3 Å². The lowest BCUT2D eigenvalue weighted by atomic mass is 9.95. The van der Waals surface area contributed by atoms with Crippen molar-refractivity contribution in [2.75, 3.05) is 7.11 Å². The minimum atomic E-state index is -0.321. The van der Waals surface area contributed by atoms with Crippen molar-refractivity contribution in [2.24, 2.45) is 7.05 Å². The molecule has 1 saturated carbocycles. The Morgan fingerprint density at radius 1 is 1.27 bits per heavy atom. The third kappa shape index (κ3) is 2.92. The molecule has 0 N–H and O–H groups in total. The van der Waals surface area contributed by atoms with Gasteiger partial charge in [-0.15, -0.1) is 0 Å². The monoisotopic (exact) mass is 303 g/mol. The number of carbonyl (C=O) groups is 1. The van der Waals surface area contributed by atoms with Crippen LogP contribution in [0.4, 0.5) is 0 Å². The predicted octanol–water partition coefficient (Wildman–Crippen LogP) is 2.33. The molecule has 6 heteroatoms. The SMILES string of the molecule is CO[C@H]1CCC[C@H](OC(=O)c2cnn(C)c2-n2cccc2)C1. The van der Waals surface area contributed by atoms with E-state index < -0.39 is 0 Å². The van der Waals surface area contributed by atoms with E-state index in [1.54, 1.807) is 18.0 Å². The number of aromatic nitrogens is 3. The van der Waals surface area contributed by atoms with E-state index in [-0.39, 0.29) is 18.2 Å². The van der Waals surface area contributed by atoms with E-state index in [2.05, 4.69) is 5.10 Å². The highest BCUT2D eigenvalue weighted by molar-refractivity contribution is 5.92. The minimum absolute atomic E-state index is 0.0797. The molecule has 0 amide bonds. The molecule has 0 unspecified atom stereocenters. The first kappa shape index (κ1) is 14.8. The van der Waals surface area contributed by atoms with Crippen molar-refractivity contribution in [2.45, 2.75) is 37.9 Å². The second-order valence-corrected chi connectivity index (χ2v) is 5.65. The summed E-state index contributed by atoms with van der Waals surface area (Å²) in [7, 11) is 3.52. The number of carbonyl (C=O) groups excluding carboxylic acids is 1. The largest absolute Gasteiger partial charge is 0.459 e. The smallest absolute Gasteiger partial charge is 0.343 e. The number of nitrogens with zero attached hydrogens (tertiary/aromatic N) is 3. The van der Waals surface area contributed by atoms with Crippen LogP contribution in [0.2, 0.25) is 0 Å². The molecule has 2 aromatic rings. The summed E-state index contributed by atoms with van der Waals surface area (Å²) >= 11 is 0. The zero-order valence-electron chi connectivity index (χ0n) is 12.9. The molecule has 0 aromatic carbocycles. The molecule has 1 fully saturated rings. The highest BCUT2D eigenvalue weighted by atomic mass is 16.5. The molecule has 0 saturated heterocycles. The Hall–Kier alpha value is -2.08. The molecular weight excluding hydrogens is 282 g/mol. The molecule has 0 radical (unpaired) electrons. The third-order valence-corrected chi connectivity index (χ3v) is 4.16. The summed E-state index contributed by atoms with van der Waals surface area (Å²) in [5, 5.41) is 4.19. The molecule has 2 aromatic heterocycles. The maximum atomic E-state index is 12.5. The van der Waals surface area contributed by atoms with Gasteiger partial charge >= 0.3 is 5.97 Å². The van der Waals surface area contributed by atoms with Gasteiger partial charge in [-0.3, -0.25) is 4.68 Å². The summed E-state index contributed by atoms with van der Waals surface area (Å²) < 4.78 is 14.6. The van der Waals surface area contributed by atoms with Crippen molar-refractivity contribution in [1.82, 2.24) is 14.3 Å². The normalized spacial score (nSPS) is 21.7. The lowest BCUT2D eigenvalue weighted by Gasteiger charge is -2.27. The lowest BCUT2D eigenvalue weighted by Crippen LogP contribution is -2.29. The number of methoxy groups -OCH3 is 1. The van der Waals surface area contributed by atoms with E-state index in [0.29, 0.717) is 11.4 Å². The van der Waals surface area contributed by atoms with Gasteiger partial charge in [0.1, 0.15) is 17.5 Å². The molecule has 2 heterocycles. The van der Waals surface area contributed by atoms with Crippen LogP contribution in [-0.2, 0) is 16.5 Å². The van der Waals surface area contributed by atoms with Crippen LogP contribution in [-0.4, -0.2) is 39.6 Å². The van der Waals surface area contributed by atoms with Gasteiger partial charge < -0.3 is 14.0 Å². The third-order valence-electron chi connectivity index (χ3n) is 4.16. The van der Waals surface area contributed by atoms with E-state index in [1.165, 1.54) is 0 Å². The van der Waals surface area contributed by atoms with E-state index >= 15 is 0 Å². The quantitative estimate of drug-likeness (QED) is 0.813. The highest BCUT2D eigenvalue weighted by Crippen LogP contribution is 2.25. The highest BCUT2D eigenvalue weighted by Gasteiger charge is 2.27. The van der Waals surface area contributed by atoms with Crippen molar-refractivity contribution in [3.63, 3.8) is 0 Å². The van der Waals surface area contributed by atoms with Crippen LogP contribution in [0.1, 0.15) is 36.0 Å². The van der Waals surface area contributed by atoms with Crippen molar-refractivity contribution < 1.29 is 14.3 Å². The Labute approximate surface area is 129 Å². The summed E-state index contributed by atoms with van der Waals surface area (Å²) in [6, 6.07) is 3.82. The van der Waals surface area contributed by atoms with E-state index in [1.807, 2.05) is 36.1 Å². The molecule has 0 bridgehead atoms. The molecule has 2 atom stereocenters. The first-order chi connectivity index (χ1) is 10.7. The number of ether oxygens (including phenoxy) is 2. The van der Waals surface area contributed by atoms with E-state index in [9.17, 15) is 4.79 Å². The Morgan fingerprint density at radius 3 is 2.73 bits per heavy atom. The summed E-state index contributed by atoms with van der Waals surface area (Å²) in [6.07, 6.45) is 9.15. The number of rotatable bonds is 4. The van der Waals surface area contributed by atoms with Crippen LogP contribution in [0.3, 0.4) is 0 Å². The molecule has 118 valence electrons. The average Bonchev–Trinajstić information content (AvgIpc) is 3.16. The van der Waals surface area contributed by atoms with Crippen LogP contribution >= 0.6 is 0 Å². The molecule has 1 aliphatic carbocycles. The molecule has 6 nitrogen and oxygen atoms in total. The van der Waals surface area contributed by atoms with Crippen molar-refractivity contribution in [3.8, 4) is 5.82 Å². The number of aryl methyl sites for hydroxylation is 1. The number of hydrogen-bond acceptors (Lipinski definition) is 4. The number of hydrogen-bond donors (Lipinski definition) is 0. The first-order valence-corrected chi connectivity index (χ1v) is 7.58. The second kappa shape index (κ2) is 6.36. The van der Waals surface area contributed by atoms with Crippen LogP contribution in [0.15, 0.2) is 30.7 Å². The maximum Gasteiger partial charge on any atom is 0.343 e. The van der Waals surface area contributed by atoms with Crippen LogP contribution < -0.4 is 0 Å². The minimum Gasteiger partial charge on any atom is -0.459 e. The summed E-state index contributed by atoms with van der Waals surface area (Å²) in [5.41, 5.74) is 0.484. The Balaban J connectivity index is 1.76. The molecular formula is C16H21N3O3. The molecule has 22 heavy (non-hydrogen) atoms. The van der Waals surface area contributed by atoms with Crippen LogP contribution in [0, 0.1) is 0 Å². The summed E-state index contributed by atoms with van der Waals surface area (Å²) in [6.45, 7) is 0. The Morgan fingerprint density at radius 2 is 2.00 bits per heavy atom. The number of esters is 1. The Kier molecular flexibility index (Phi) is 4.29. The van der Waals surface area contributed by atoms with Crippen LogP contribution in [0.5, 0.6) is 0 Å². The van der Waals surface area contributed by atoms with Gasteiger partial charge in [-0.2, -0.15) is 5.10 Å². The van der Waals surface area contributed by atoms with E-state index in [4.69, 9.17) is 9.47 Å². The lowest BCUT2D eigenvalue weighted by molar-refractivity contribution is -0.0149. The molecule has 0 aliphatic heterocycles. The second-order valence-electron chi connectivity index (χ2n) is 5.65. The fourth-order valence-corrected chi connectivity index (χ4v) is 3.00. The van der Waals surface area contributed by atoms with Gasteiger partial charge in [-0.25, -0.2) is 4.79 Å². The molecule has 0 spiro atoms. The van der Waals surface area contributed by atoms with Crippen molar-refractivity contribution in [3.05, 3.63) is 36.3 Å². The zero-order chi connectivity index (χ0) is 15.5. The standard InChI is InChI=1S/C16H21N3O3/c1-18-15(19-8-3-4-9-19)14(11-17-18)16(20)22-13-7-5-6-12(10-13)21-2/h3-4,8-9,11-13H,5-7,10H2,1-2H3/t12-,13-/m0/s1. The zero-order valence-corrected chi connectivity index (χ0v) is 12.9. The van der Waals surface area contributed by atoms with Gasteiger partial charge in [-0.05, 0) is 31.4 Å². The van der Waals surface area contributed by atoms with Gasteiger partial charge in [0.05, 0.1) is 12.3 Å². The maximum absolute atomic E-state index is 12.5. The van der Waals surface area contributed by atoms with Crippen molar-refractivity contribution >= 4 is 5.97 Å². The fraction of sp³-hybridized carbons (Fsp3) is 0.500. The molecule has 1 aliphatic rings. The first-order valence-electron chi connectivity index (χ1n) is 7.58. The van der Waals surface area contributed by atoms with Crippen LogP contribution in [0.25, 0.3) is 5.82 Å².